The molecule has 2 N–H and O–H groups in total. The van der Waals surface area contributed by atoms with E-state index < -0.39 is 0 Å². The summed E-state index contributed by atoms with van der Waals surface area (Å²) >= 11 is 1.43. The normalized spacial score (nSPS) is 21.8. The molecule has 22 heavy (non-hydrogen) atoms. The van der Waals surface area contributed by atoms with Crippen LogP contribution in [0.5, 0.6) is 0 Å². The average Bonchev–Trinajstić information content (AvgIpc) is 3.07. The molecule has 2 aromatic rings. The minimum Gasteiger partial charge on any atom is -0.347 e. The van der Waals surface area contributed by atoms with Crippen molar-refractivity contribution in [2.45, 2.75) is 38.8 Å². The summed E-state index contributed by atoms with van der Waals surface area (Å²) in [5.74, 6) is -0.0225. The summed E-state index contributed by atoms with van der Waals surface area (Å²) in [5, 5.41) is 11.5. The van der Waals surface area contributed by atoms with E-state index in [0.29, 0.717) is 10.9 Å². The number of hydrogen-bond acceptors (Lipinski definition) is 5. The van der Waals surface area contributed by atoms with Crippen LogP contribution in [-0.4, -0.2) is 39.3 Å². The summed E-state index contributed by atoms with van der Waals surface area (Å²) in [4.78, 5) is 17.7. The highest BCUT2D eigenvalue weighted by Crippen LogP contribution is 2.27. The third kappa shape index (κ3) is 3.05. The molecule has 2 atom stereocenters. The number of hydrogen-bond donors (Lipinski definition) is 2. The minimum absolute atomic E-state index is 0.0225. The highest BCUT2D eigenvalue weighted by molar-refractivity contribution is 7.17. The highest BCUT2D eigenvalue weighted by Gasteiger charge is 2.25. The van der Waals surface area contributed by atoms with Crippen molar-refractivity contribution < 1.29 is 4.79 Å². The Kier molecular flexibility index (Phi) is 4.26. The van der Waals surface area contributed by atoms with Gasteiger partial charge >= 0.3 is 0 Å². The number of nitrogens with zero attached hydrogens (tertiary/aromatic N) is 3. The number of carbonyl (C=O) groups excluding carboxylic acids is 1. The summed E-state index contributed by atoms with van der Waals surface area (Å²) in [6, 6.07) is 0.494. The molecule has 1 amide bonds. The molecule has 0 bridgehead atoms. The Balaban J connectivity index is 1.76. The number of aryl methyl sites for hydroxylation is 2. The zero-order valence-electron chi connectivity index (χ0n) is 13.1. The van der Waals surface area contributed by atoms with E-state index in [1.165, 1.54) is 11.3 Å². The fourth-order valence-corrected chi connectivity index (χ4v) is 3.68. The van der Waals surface area contributed by atoms with Gasteiger partial charge in [0, 0.05) is 30.9 Å². The molecule has 1 aliphatic rings. The second-order valence-electron chi connectivity index (χ2n) is 5.80. The second kappa shape index (κ2) is 6.18. The van der Waals surface area contributed by atoms with Gasteiger partial charge in [-0.3, -0.25) is 9.48 Å². The zero-order valence-corrected chi connectivity index (χ0v) is 13.9. The second-order valence-corrected chi connectivity index (χ2v) is 6.80. The summed E-state index contributed by atoms with van der Waals surface area (Å²) < 4.78 is 1.74. The van der Waals surface area contributed by atoms with Gasteiger partial charge in [-0.25, -0.2) is 4.98 Å². The number of carbonyl (C=O) groups is 1. The molecule has 1 fully saturated rings. The number of piperidine rings is 1. The molecule has 0 saturated carbocycles. The maximum absolute atomic E-state index is 12.5. The fraction of sp³-hybridized carbons (Fsp3) is 0.533. The first-order chi connectivity index (χ1) is 10.5. The minimum atomic E-state index is -0.0225. The van der Waals surface area contributed by atoms with Gasteiger partial charge in [0.2, 0.25) is 0 Å². The number of thiazole rings is 1. The van der Waals surface area contributed by atoms with Crippen molar-refractivity contribution in [3.8, 4) is 10.6 Å². The molecule has 3 heterocycles. The molecule has 0 radical (unpaired) electrons. The van der Waals surface area contributed by atoms with Crippen LogP contribution in [0.3, 0.4) is 0 Å². The molecule has 118 valence electrons. The first-order valence-corrected chi connectivity index (χ1v) is 8.37. The van der Waals surface area contributed by atoms with Crippen LogP contribution in [0.2, 0.25) is 0 Å². The number of nitrogens with one attached hydrogen (secondary N) is 2. The standard InChI is InChI=1S/C15H21N5OS/c1-9-12(5-4-6-16-9)19-14(21)13-10(2)18-15(22-13)11-7-17-20(3)8-11/h7-9,12,16H,4-6H2,1-3H3,(H,19,21). The van der Waals surface area contributed by atoms with E-state index in [4.69, 9.17) is 0 Å². The number of aromatic nitrogens is 3. The predicted octanol–water partition coefficient (Wildman–Crippen LogP) is 1.72. The lowest BCUT2D eigenvalue weighted by Gasteiger charge is -2.30. The van der Waals surface area contributed by atoms with Crippen LogP contribution in [0.15, 0.2) is 12.4 Å². The van der Waals surface area contributed by atoms with Crippen LogP contribution >= 0.6 is 11.3 Å². The third-order valence-electron chi connectivity index (χ3n) is 4.03. The molecule has 1 saturated heterocycles. The van der Waals surface area contributed by atoms with E-state index in [2.05, 4.69) is 27.6 Å². The van der Waals surface area contributed by atoms with Gasteiger partial charge < -0.3 is 10.6 Å². The van der Waals surface area contributed by atoms with Crippen molar-refractivity contribution in [3.63, 3.8) is 0 Å². The molecule has 6 nitrogen and oxygen atoms in total. The van der Waals surface area contributed by atoms with E-state index in [-0.39, 0.29) is 11.9 Å². The van der Waals surface area contributed by atoms with Crippen LogP contribution in [0, 0.1) is 6.92 Å². The van der Waals surface area contributed by atoms with Crippen molar-refractivity contribution in [1.82, 2.24) is 25.4 Å². The van der Waals surface area contributed by atoms with E-state index in [1.54, 1.807) is 10.9 Å². The lowest BCUT2D eigenvalue weighted by atomic mass is 10.00. The Morgan fingerprint density at radius 1 is 1.55 bits per heavy atom. The first-order valence-electron chi connectivity index (χ1n) is 7.55. The first kappa shape index (κ1) is 15.2. The Morgan fingerprint density at radius 3 is 3.05 bits per heavy atom. The summed E-state index contributed by atoms with van der Waals surface area (Å²) in [6.45, 7) is 5.02. The average molecular weight is 319 g/mol. The fourth-order valence-electron chi connectivity index (χ4n) is 2.74. The molecule has 0 aliphatic carbocycles. The van der Waals surface area contributed by atoms with Gasteiger partial charge in [0.25, 0.3) is 5.91 Å². The van der Waals surface area contributed by atoms with Crippen molar-refractivity contribution in [3.05, 3.63) is 23.0 Å². The van der Waals surface area contributed by atoms with Gasteiger partial charge in [-0.15, -0.1) is 11.3 Å². The summed E-state index contributed by atoms with van der Waals surface area (Å²) in [6.07, 6.45) is 5.80. The molecular formula is C15H21N5OS. The smallest absolute Gasteiger partial charge is 0.263 e. The van der Waals surface area contributed by atoms with Gasteiger partial charge in [0.05, 0.1) is 11.9 Å². The Labute approximate surface area is 133 Å². The molecule has 0 aromatic carbocycles. The van der Waals surface area contributed by atoms with Crippen LogP contribution in [0.1, 0.15) is 35.1 Å². The lowest BCUT2D eigenvalue weighted by Crippen LogP contribution is -2.51. The van der Waals surface area contributed by atoms with Gasteiger partial charge in [-0.05, 0) is 33.2 Å². The highest BCUT2D eigenvalue weighted by atomic mass is 32.1. The maximum Gasteiger partial charge on any atom is 0.263 e. The van der Waals surface area contributed by atoms with Crippen molar-refractivity contribution in [2.24, 2.45) is 7.05 Å². The maximum atomic E-state index is 12.5. The monoisotopic (exact) mass is 319 g/mol. The summed E-state index contributed by atoms with van der Waals surface area (Å²) in [5.41, 5.74) is 1.72. The lowest BCUT2D eigenvalue weighted by molar-refractivity contribution is 0.0923. The molecule has 3 rings (SSSR count). The molecule has 7 heteroatoms. The number of rotatable bonds is 3. The molecule has 2 aromatic heterocycles. The SMILES string of the molecule is Cc1nc(-c2cnn(C)c2)sc1C(=O)NC1CCCNC1C. The van der Waals surface area contributed by atoms with Crippen LogP contribution in [-0.2, 0) is 7.05 Å². The Morgan fingerprint density at radius 2 is 2.36 bits per heavy atom. The van der Waals surface area contributed by atoms with E-state index in [9.17, 15) is 4.79 Å². The van der Waals surface area contributed by atoms with Gasteiger partial charge in [0.15, 0.2) is 0 Å². The van der Waals surface area contributed by atoms with Crippen LogP contribution in [0.4, 0.5) is 0 Å². The van der Waals surface area contributed by atoms with Crippen molar-refractivity contribution in [2.75, 3.05) is 6.54 Å². The predicted molar refractivity (Wildman–Crippen MR) is 87.0 cm³/mol. The van der Waals surface area contributed by atoms with E-state index >= 15 is 0 Å². The van der Waals surface area contributed by atoms with Gasteiger partial charge in [-0.1, -0.05) is 0 Å². The van der Waals surface area contributed by atoms with Crippen molar-refractivity contribution in [1.29, 1.82) is 0 Å². The Bertz CT molecular complexity index is 677. The zero-order chi connectivity index (χ0) is 15.7. The van der Waals surface area contributed by atoms with E-state index in [1.807, 2.05) is 20.2 Å². The number of amides is 1. The van der Waals surface area contributed by atoms with Gasteiger partial charge in [-0.2, -0.15) is 5.10 Å². The largest absolute Gasteiger partial charge is 0.347 e. The van der Waals surface area contributed by atoms with Crippen LogP contribution in [0.25, 0.3) is 10.6 Å². The molecule has 2 unspecified atom stereocenters. The summed E-state index contributed by atoms with van der Waals surface area (Å²) in [7, 11) is 1.87. The van der Waals surface area contributed by atoms with Crippen LogP contribution < -0.4 is 10.6 Å². The van der Waals surface area contributed by atoms with E-state index in [0.717, 1.165) is 35.7 Å². The molecule has 0 spiro atoms. The third-order valence-corrected chi connectivity index (χ3v) is 5.24. The Hall–Kier alpha value is -1.73. The van der Waals surface area contributed by atoms with Gasteiger partial charge in [0.1, 0.15) is 9.88 Å². The molecule has 1 aliphatic heterocycles. The topological polar surface area (TPSA) is 71.8 Å². The van der Waals surface area contributed by atoms with Crippen molar-refractivity contribution >= 4 is 17.2 Å². The molecular weight excluding hydrogens is 298 g/mol. The quantitative estimate of drug-likeness (QED) is 0.903.